The first-order valence-corrected chi connectivity index (χ1v) is 7.44. The van der Waals surface area contributed by atoms with E-state index in [-0.39, 0.29) is 12.0 Å². The van der Waals surface area contributed by atoms with E-state index in [2.05, 4.69) is 17.2 Å². The molecule has 1 aromatic rings. The Balaban J connectivity index is 1.75. The molecule has 112 valence electrons. The van der Waals surface area contributed by atoms with Gasteiger partial charge in [0.15, 0.2) is 0 Å². The maximum absolute atomic E-state index is 11.8. The van der Waals surface area contributed by atoms with Gasteiger partial charge in [0.2, 0.25) is 5.91 Å². The van der Waals surface area contributed by atoms with Crippen LogP contribution in [-0.2, 0) is 16.1 Å². The van der Waals surface area contributed by atoms with Crippen molar-refractivity contribution < 1.29 is 9.53 Å². The minimum atomic E-state index is 0.0731. The number of amides is 1. The van der Waals surface area contributed by atoms with Gasteiger partial charge in [0.1, 0.15) is 0 Å². The van der Waals surface area contributed by atoms with Crippen LogP contribution in [0.1, 0.15) is 36.8 Å². The fourth-order valence-electron chi connectivity index (χ4n) is 2.37. The van der Waals surface area contributed by atoms with Crippen molar-refractivity contribution >= 4 is 5.91 Å². The molecule has 1 heterocycles. The second-order valence-corrected chi connectivity index (χ2v) is 5.16. The topological polar surface area (TPSA) is 64.3 Å². The van der Waals surface area contributed by atoms with E-state index in [9.17, 15) is 4.79 Å². The zero-order valence-corrected chi connectivity index (χ0v) is 12.2. The molecule has 0 saturated carbocycles. The van der Waals surface area contributed by atoms with E-state index in [1.165, 1.54) is 0 Å². The fraction of sp³-hybridized carbons (Fsp3) is 0.471. The van der Waals surface area contributed by atoms with Crippen LogP contribution < -0.4 is 11.1 Å². The van der Waals surface area contributed by atoms with Crippen molar-refractivity contribution in [2.24, 2.45) is 5.73 Å². The lowest BCUT2D eigenvalue weighted by atomic mass is 10.1. The number of benzene rings is 1. The maximum Gasteiger partial charge on any atom is 0.220 e. The van der Waals surface area contributed by atoms with Crippen molar-refractivity contribution in [3.05, 3.63) is 35.4 Å². The van der Waals surface area contributed by atoms with Gasteiger partial charge in [-0.15, -0.1) is 0 Å². The van der Waals surface area contributed by atoms with Crippen molar-refractivity contribution in [2.75, 3.05) is 13.2 Å². The number of hydrogen-bond donors (Lipinski definition) is 2. The molecule has 1 saturated heterocycles. The molecule has 21 heavy (non-hydrogen) atoms. The molecule has 4 heteroatoms. The third-order valence-corrected chi connectivity index (χ3v) is 3.47. The molecule has 2 rings (SSSR count). The van der Waals surface area contributed by atoms with E-state index >= 15 is 0 Å². The summed E-state index contributed by atoms with van der Waals surface area (Å²) in [7, 11) is 0. The van der Waals surface area contributed by atoms with E-state index in [1.807, 2.05) is 24.3 Å². The molecule has 0 spiro atoms. The van der Waals surface area contributed by atoms with Crippen LogP contribution in [0.4, 0.5) is 0 Å². The largest absolute Gasteiger partial charge is 0.378 e. The Kier molecular flexibility index (Phi) is 6.26. The fourth-order valence-corrected chi connectivity index (χ4v) is 2.37. The molecule has 0 bridgehead atoms. The number of ether oxygens (including phenoxy) is 1. The lowest BCUT2D eigenvalue weighted by Crippen LogP contribution is -2.23. The maximum atomic E-state index is 11.8. The molecule has 1 aromatic carbocycles. The van der Waals surface area contributed by atoms with Crippen LogP contribution in [0.15, 0.2) is 24.3 Å². The lowest BCUT2D eigenvalue weighted by Gasteiger charge is -2.09. The third kappa shape index (κ3) is 5.58. The normalized spacial score (nSPS) is 17.1. The summed E-state index contributed by atoms with van der Waals surface area (Å²) in [4.78, 5) is 11.8. The number of carbonyl (C=O) groups excluding carboxylic acids is 1. The average Bonchev–Trinajstić information content (AvgIpc) is 3.03. The highest BCUT2D eigenvalue weighted by atomic mass is 16.5. The van der Waals surface area contributed by atoms with E-state index in [0.717, 1.165) is 37.0 Å². The number of nitrogens with two attached hydrogens (primary N) is 1. The van der Waals surface area contributed by atoms with Crippen LogP contribution in [0.25, 0.3) is 0 Å². The summed E-state index contributed by atoms with van der Waals surface area (Å²) in [6.45, 7) is 1.72. The first-order chi connectivity index (χ1) is 10.3. The van der Waals surface area contributed by atoms with Gasteiger partial charge < -0.3 is 15.8 Å². The van der Waals surface area contributed by atoms with Gasteiger partial charge in [-0.05, 0) is 37.0 Å². The molecule has 1 amide bonds. The number of nitrogens with one attached hydrogen (secondary N) is 1. The Morgan fingerprint density at radius 2 is 2.38 bits per heavy atom. The van der Waals surface area contributed by atoms with Gasteiger partial charge in [-0.25, -0.2) is 0 Å². The molecule has 1 fully saturated rings. The molecule has 1 atom stereocenters. The Bertz CT molecular complexity index is 525. The van der Waals surface area contributed by atoms with Crippen molar-refractivity contribution in [1.82, 2.24) is 5.32 Å². The minimum absolute atomic E-state index is 0.0731. The number of hydrogen-bond acceptors (Lipinski definition) is 3. The highest BCUT2D eigenvalue weighted by Crippen LogP contribution is 2.16. The quantitative estimate of drug-likeness (QED) is 0.808. The van der Waals surface area contributed by atoms with Crippen LogP contribution in [0.2, 0.25) is 0 Å². The van der Waals surface area contributed by atoms with Gasteiger partial charge in [0.25, 0.3) is 0 Å². The van der Waals surface area contributed by atoms with Crippen LogP contribution >= 0.6 is 0 Å². The van der Waals surface area contributed by atoms with Gasteiger partial charge >= 0.3 is 0 Å². The zero-order chi connectivity index (χ0) is 14.9. The molecule has 4 nitrogen and oxygen atoms in total. The Hall–Kier alpha value is -1.83. The summed E-state index contributed by atoms with van der Waals surface area (Å²) in [6.07, 6.45) is 3.80. The van der Waals surface area contributed by atoms with Crippen LogP contribution in [-0.4, -0.2) is 25.2 Å². The van der Waals surface area contributed by atoms with E-state index < -0.39 is 0 Å². The molecule has 1 aliphatic rings. The first kappa shape index (κ1) is 15.6. The monoisotopic (exact) mass is 286 g/mol. The molecule has 1 aliphatic heterocycles. The Labute approximate surface area is 126 Å². The first-order valence-electron chi connectivity index (χ1n) is 7.44. The number of rotatable bonds is 5. The smallest absolute Gasteiger partial charge is 0.220 e. The number of carbonyl (C=O) groups is 1. The van der Waals surface area contributed by atoms with Crippen molar-refractivity contribution in [2.45, 2.75) is 38.3 Å². The lowest BCUT2D eigenvalue weighted by molar-refractivity contribution is -0.121. The van der Waals surface area contributed by atoms with Crippen molar-refractivity contribution in [3.63, 3.8) is 0 Å². The highest BCUT2D eigenvalue weighted by molar-refractivity contribution is 5.75. The van der Waals surface area contributed by atoms with Gasteiger partial charge in [-0.3, -0.25) is 4.79 Å². The average molecular weight is 286 g/mol. The molecular weight excluding hydrogens is 264 g/mol. The van der Waals surface area contributed by atoms with Gasteiger partial charge in [0, 0.05) is 25.1 Å². The summed E-state index contributed by atoms with van der Waals surface area (Å²) in [6, 6.07) is 7.83. The Morgan fingerprint density at radius 3 is 3.14 bits per heavy atom. The SMILES string of the molecule is NCC#Cc1cccc(CNC(=O)CCC2CCCO2)c1. The van der Waals surface area contributed by atoms with Crippen molar-refractivity contribution in [1.29, 1.82) is 0 Å². The van der Waals surface area contributed by atoms with Gasteiger partial charge in [0.05, 0.1) is 12.6 Å². The minimum Gasteiger partial charge on any atom is -0.378 e. The van der Waals surface area contributed by atoms with Crippen LogP contribution in [0, 0.1) is 11.8 Å². The van der Waals surface area contributed by atoms with Gasteiger partial charge in [-0.2, -0.15) is 0 Å². The summed E-state index contributed by atoms with van der Waals surface area (Å²) in [5.41, 5.74) is 7.33. The standard InChI is InChI=1S/C17H22N2O2/c18-10-2-6-14-4-1-5-15(12-14)13-19-17(20)9-8-16-7-3-11-21-16/h1,4-5,12,16H,3,7-11,13,18H2,(H,19,20). The summed E-state index contributed by atoms with van der Waals surface area (Å²) in [5.74, 6) is 5.89. The molecule has 0 aliphatic carbocycles. The molecule has 0 radical (unpaired) electrons. The van der Waals surface area contributed by atoms with Crippen molar-refractivity contribution in [3.8, 4) is 11.8 Å². The van der Waals surface area contributed by atoms with E-state index in [0.29, 0.717) is 19.5 Å². The second kappa shape index (κ2) is 8.46. The van der Waals surface area contributed by atoms with Gasteiger partial charge in [-0.1, -0.05) is 24.0 Å². The predicted molar refractivity (Wildman–Crippen MR) is 82.4 cm³/mol. The molecule has 3 N–H and O–H groups in total. The van der Waals surface area contributed by atoms with E-state index in [1.54, 1.807) is 0 Å². The van der Waals surface area contributed by atoms with Crippen LogP contribution in [0.5, 0.6) is 0 Å². The predicted octanol–water partition coefficient (Wildman–Crippen LogP) is 1.57. The highest BCUT2D eigenvalue weighted by Gasteiger charge is 2.16. The summed E-state index contributed by atoms with van der Waals surface area (Å²) in [5, 5.41) is 2.94. The summed E-state index contributed by atoms with van der Waals surface area (Å²) >= 11 is 0. The third-order valence-electron chi connectivity index (χ3n) is 3.47. The zero-order valence-electron chi connectivity index (χ0n) is 12.2. The second-order valence-electron chi connectivity index (χ2n) is 5.16. The molecule has 0 aromatic heterocycles. The Morgan fingerprint density at radius 1 is 1.48 bits per heavy atom. The van der Waals surface area contributed by atoms with Crippen LogP contribution in [0.3, 0.4) is 0 Å². The molecular formula is C17H22N2O2. The summed E-state index contributed by atoms with van der Waals surface area (Å²) < 4.78 is 5.51. The van der Waals surface area contributed by atoms with E-state index in [4.69, 9.17) is 10.5 Å². The molecule has 1 unspecified atom stereocenters.